The summed E-state index contributed by atoms with van der Waals surface area (Å²) in [6.45, 7) is 8.63. The van der Waals surface area contributed by atoms with E-state index in [1.165, 1.54) is 28.7 Å². The van der Waals surface area contributed by atoms with Crippen molar-refractivity contribution in [3.8, 4) is 11.4 Å². The number of thioether (sulfide) groups is 1. The molecule has 0 bridgehead atoms. The number of allylic oxidation sites excluding steroid dienone is 1. The van der Waals surface area contributed by atoms with E-state index in [-0.39, 0.29) is 5.97 Å². The van der Waals surface area contributed by atoms with Crippen LogP contribution in [-0.2, 0) is 17.0 Å². The van der Waals surface area contributed by atoms with Crippen molar-refractivity contribution in [1.82, 2.24) is 19.7 Å². The Morgan fingerprint density at radius 1 is 1.41 bits per heavy atom. The first-order valence-corrected chi connectivity index (χ1v) is 10.3. The van der Waals surface area contributed by atoms with Crippen LogP contribution in [0.1, 0.15) is 28.0 Å². The molecule has 140 valence electrons. The number of carbonyl (C=O) groups excluding carboxylic acids is 1. The zero-order valence-electron chi connectivity index (χ0n) is 15.2. The number of aryl methyl sites for hydroxylation is 1. The van der Waals surface area contributed by atoms with Crippen molar-refractivity contribution in [1.29, 1.82) is 0 Å². The van der Waals surface area contributed by atoms with Crippen LogP contribution in [0.25, 0.3) is 11.4 Å². The molecule has 1 aromatic carbocycles. The fraction of sp³-hybridized carbons (Fsp3) is 0.263. The molecule has 0 aliphatic rings. The lowest BCUT2D eigenvalue weighted by molar-refractivity contribution is 0.0520. The number of rotatable bonds is 8. The van der Waals surface area contributed by atoms with Crippen LogP contribution in [0.15, 0.2) is 47.5 Å². The highest BCUT2D eigenvalue weighted by Gasteiger charge is 2.16. The normalized spacial score (nSPS) is 10.7. The number of thiazole rings is 1. The van der Waals surface area contributed by atoms with Gasteiger partial charge in [0.05, 0.1) is 12.4 Å². The van der Waals surface area contributed by atoms with Gasteiger partial charge in [0.1, 0.15) is 5.01 Å². The van der Waals surface area contributed by atoms with E-state index in [4.69, 9.17) is 4.74 Å². The molecule has 3 rings (SSSR count). The van der Waals surface area contributed by atoms with E-state index in [1.807, 2.05) is 22.8 Å². The highest BCUT2D eigenvalue weighted by Crippen LogP contribution is 2.28. The molecule has 0 aliphatic carbocycles. The molecule has 0 saturated carbocycles. The lowest BCUT2D eigenvalue weighted by Gasteiger charge is -2.07. The molecule has 27 heavy (non-hydrogen) atoms. The van der Waals surface area contributed by atoms with Crippen LogP contribution in [0.2, 0.25) is 0 Å². The van der Waals surface area contributed by atoms with Crippen molar-refractivity contribution in [2.45, 2.75) is 31.3 Å². The first-order chi connectivity index (χ1) is 13.1. The summed E-state index contributed by atoms with van der Waals surface area (Å²) in [5.74, 6) is 1.03. The third kappa shape index (κ3) is 4.64. The molecule has 0 N–H and O–H groups in total. The molecule has 0 spiro atoms. The molecule has 0 aliphatic heterocycles. The Labute approximate surface area is 166 Å². The van der Waals surface area contributed by atoms with Gasteiger partial charge in [0.15, 0.2) is 16.7 Å². The topological polar surface area (TPSA) is 69.9 Å². The Hall–Kier alpha value is -2.45. The van der Waals surface area contributed by atoms with Gasteiger partial charge in [-0.25, -0.2) is 9.78 Å². The van der Waals surface area contributed by atoms with Gasteiger partial charge in [0, 0.05) is 17.5 Å². The zero-order chi connectivity index (χ0) is 19.2. The highest BCUT2D eigenvalue weighted by molar-refractivity contribution is 7.98. The predicted molar refractivity (Wildman–Crippen MR) is 108 cm³/mol. The molecule has 0 saturated heterocycles. The van der Waals surface area contributed by atoms with Crippen LogP contribution in [0.3, 0.4) is 0 Å². The number of esters is 1. The summed E-state index contributed by atoms with van der Waals surface area (Å²) in [5.41, 5.74) is 2.55. The smallest absolute Gasteiger partial charge is 0.357 e. The van der Waals surface area contributed by atoms with E-state index in [1.54, 1.807) is 12.3 Å². The van der Waals surface area contributed by atoms with E-state index >= 15 is 0 Å². The van der Waals surface area contributed by atoms with Crippen LogP contribution in [-0.4, -0.2) is 32.3 Å². The minimum absolute atomic E-state index is 0.340. The molecule has 0 fully saturated rings. The van der Waals surface area contributed by atoms with Gasteiger partial charge in [-0.3, -0.25) is 4.57 Å². The lowest BCUT2D eigenvalue weighted by atomic mass is 10.1. The number of hydrogen-bond acceptors (Lipinski definition) is 7. The van der Waals surface area contributed by atoms with Gasteiger partial charge in [-0.1, -0.05) is 41.6 Å². The quantitative estimate of drug-likeness (QED) is 0.318. The van der Waals surface area contributed by atoms with Gasteiger partial charge in [0.2, 0.25) is 0 Å². The Bertz CT molecular complexity index is 949. The fourth-order valence-corrected chi connectivity index (χ4v) is 4.22. The van der Waals surface area contributed by atoms with Gasteiger partial charge < -0.3 is 4.74 Å². The molecule has 0 unspecified atom stereocenters. The van der Waals surface area contributed by atoms with Crippen molar-refractivity contribution in [3.05, 3.63) is 58.6 Å². The average molecular weight is 401 g/mol. The highest BCUT2D eigenvalue weighted by atomic mass is 32.2. The van der Waals surface area contributed by atoms with E-state index < -0.39 is 0 Å². The molecule has 2 aromatic heterocycles. The Morgan fingerprint density at radius 3 is 3.00 bits per heavy atom. The largest absolute Gasteiger partial charge is 0.461 e. The van der Waals surface area contributed by atoms with Crippen molar-refractivity contribution in [2.24, 2.45) is 0 Å². The summed E-state index contributed by atoms with van der Waals surface area (Å²) >= 11 is 2.97. The van der Waals surface area contributed by atoms with Gasteiger partial charge >= 0.3 is 5.97 Å². The summed E-state index contributed by atoms with van der Waals surface area (Å²) in [7, 11) is 0. The first-order valence-electron chi connectivity index (χ1n) is 8.47. The summed E-state index contributed by atoms with van der Waals surface area (Å²) in [5, 5.41) is 12.1. The van der Waals surface area contributed by atoms with Gasteiger partial charge in [0.25, 0.3) is 0 Å². The Balaban J connectivity index is 1.77. The monoisotopic (exact) mass is 400 g/mol. The minimum atomic E-state index is -0.387. The maximum Gasteiger partial charge on any atom is 0.357 e. The first kappa shape index (κ1) is 19.3. The Morgan fingerprint density at radius 2 is 2.26 bits per heavy atom. The summed E-state index contributed by atoms with van der Waals surface area (Å²) in [6, 6.07) is 8.18. The molecule has 3 aromatic rings. The minimum Gasteiger partial charge on any atom is -0.461 e. The van der Waals surface area contributed by atoms with Crippen molar-refractivity contribution < 1.29 is 9.53 Å². The number of carbonyl (C=O) groups is 1. The van der Waals surface area contributed by atoms with E-state index in [2.05, 4.69) is 40.8 Å². The summed E-state index contributed by atoms with van der Waals surface area (Å²) in [4.78, 5) is 16.1. The SMILES string of the molecule is C=CCn1c(SCc2nc(C(=O)OCC)cs2)nnc1-c1cccc(C)c1. The van der Waals surface area contributed by atoms with Crippen LogP contribution in [0, 0.1) is 6.92 Å². The molecular weight excluding hydrogens is 380 g/mol. The van der Waals surface area contributed by atoms with E-state index in [9.17, 15) is 4.79 Å². The summed E-state index contributed by atoms with van der Waals surface area (Å²) < 4.78 is 7.01. The second-order valence-corrected chi connectivity index (χ2v) is 7.60. The molecule has 6 nitrogen and oxygen atoms in total. The molecule has 0 amide bonds. The molecule has 0 atom stereocenters. The molecule has 0 radical (unpaired) electrons. The summed E-state index contributed by atoms with van der Waals surface area (Å²) in [6.07, 6.45) is 1.83. The Kier molecular flexibility index (Phi) is 6.41. The van der Waals surface area contributed by atoms with Gasteiger partial charge in [-0.05, 0) is 19.9 Å². The third-order valence-electron chi connectivity index (χ3n) is 3.67. The number of nitrogens with zero attached hydrogens (tertiary/aromatic N) is 4. The zero-order valence-corrected chi connectivity index (χ0v) is 16.8. The molecule has 8 heteroatoms. The average Bonchev–Trinajstić information content (AvgIpc) is 3.28. The van der Waals surface area contributed by atoms with Gasteiger partial charge in [-0.2, -0.15) is 0 Å². The van der Waals surface area contributed by atoms with Crippen molar-refractivity contribution >= 4 is 29.1 Å². The molecule has 2 heterocycles. The maximum absolute atomic E-state index is 11.7. The second-order valence-electron chi connectivity index (χ2n) is 5.71. The van der Waals surface area contributed by atoms with Crippen LogP contribution in [0.5, 0.6) is 0 Å². The maximum atomic E-state index is 11.7. The van der Waals surface area contributed by atoms with Crippen LogP contribution in [0.4, 0.5) is 0 Å². The number of ether oxygens (including phenoxy) is 1. The number of aromatic nitrogens is 4. The number of benzene rings is 1. The number of hydrogen-bond donors (Lipinski definition) is 0. The lowest BCUT2D eigenvalue weighted by Crippen LogP contribution is -2.05. The fourth-order valence-electron chi connectivity index (χ4n) is 2.49. The van der Waals surface area contributed by atoms with Crippen LogP contribution < -0.4 is 0 Å². The van der Waals surface area contributed by atoms with E-state index in [0.29, 0.717) is 24.6 Å². The predicted octanol–water partition coefficient (Wildman–Crippen LogP) is 4.37. The van der Waals surface area contributed by atoms with E-state index in [0.717, 1.165) is 21.6 Å². The van der Waals surface area contributed by atoms with Crippen LogP contribution >= 0.6 is 23.1 Å². The standard InChI is InChI=1S/C19H20N4O2S2/c1-4-9-23-17(14-8-6-7-13(3)10-14)21-22-19(23)27-12-16-20-15(11-26-16)18(24)25-5-2/h4,6-8,10-11H,1,5,9,12H2,2-3H3. The van der Waals surface area contributed by atoms with Crippen molar-refractivity contribution in [2.75, 3.05) is 6.61 Å². The van der Waals surface area contributed by atoms with Crippen molar-refractivity contribution in [3.63, 3.8) is 0 Å². The second kappa shape index (κ2) is 8.96. The van der Waals surface area contributed by atoms with Gasteiger partial charge in [-0.15, -0.1) is 28.1 Å². The third-order valence-corrected chi connectivity index (χ3v) is 5.68. The molecular formula is C19H20N4O2S2.